The van der Waals surface area contributed by atoms with E-state index in [2.05, 4.69) is 16.2 Å². The molecule has 0 radical (unpaired) electrons. The van der Waals surface area contributed by atoms with Crippen LogP contribution in [0.25, 0.3) is 0 Å². The van der Waals surface area contributed by atoms with Crippen LogP contribution in [0.15, 0.2) is 17.1 Å². The SMILES string of the molecule is C#Cc1cc[nH]c(=O)c1CC(=O)NC. The maximum absolute atomic E-state index is 11.3. The molecule has 0 aliphatic rings. The van der Waals surface area contributed by atoms with Crippen molar-refractivity contribution < 1.29 is 4.79 Å². The summed E-state index contributed by atoms with van der Waals surface area (Å²) in [6.45, 7) is 0. The second kappa shape index (κ2) is 4.28. The largest absolute Gasteiger partial charge is 0.359 e. The predicted octanol–water partition coefficient (Wildman–Crippen LogP) is -0.355. The average Bonchev–Trinajstić information content (AvgIpc) is 2.20. The molecule has 1 rings (SSSR count). The number of hydrogen-bond donors (Lipinski definition) is 2. The first-order valence-corrected chi connectivity index (χ1v) is 4.06. The fourth-order valence-corrected chi connectivity index (χ4v) is 1.07. The van der Waals surface area contributed by atoms with Crippen molar-refractivity contribution in [3.8, 4) is 12.3 Å². The Morgan fingerprint density at radius 3 is 3.00 bits per heavy atom. The molecule has 4 nitrogen and oxygen atoms in total. The van der Waals surface area contributed by atoms with Crippen molar-refractivity contribution in [2.45, 2.75) is 6.42 Å². The lowest BCUT2D eigenvalue weighted by Gasteiger charge is -2.01. The molecule has 0 fully saturated rings. The molecule has 1 amide bonds. The molecular weight excluding hydrogens is 180 g/mol. The van der Waals surface area contributed by atoms with Crippen LogP contribution in [0.5, 0.6) is 0 Å². The van der Waals surface area contributed by atoms with Gasteiger partial charge in [0.05, 0.1) is 6.42 Å². The lowest BCUT2D eigenvalue weighted by molar-refractivity contribution is -0.119. The minimum atomic E-state index is -0.316. The van der Waals surface area contributed by atoms with E-state index in [0.717, 1.165) is 0 Å². The molecule has 0 unspecified atom stereocenters. The van der Waals surface area contributed by atoms with Crippen molar-refractivity contribution in [1.29, 1.82) is 0 Å². The van der Waals surface area contributed by atoms with E-state index in [0.29, 0.717) is 11.1 Å². The number of amides is 1. The summed E-state index contributed by atoms with van der Waals surface area (Å²) in [4.78, 5) is 24.9. The topological polar surface area (TPSA) is 62.0 Å². The zero-order valence-electron chi connectivity index (χ0n) is 7.76. The first-order valence-electron chi connectivity index (χ1n) is 4.06. The fraction of sp³-hybridized carbons (Fsp3) is 0.200. The van der Waals surface area contributed by atoms with E-state index >= 15 is 0 Å². The summed E-state index contributed by atoms with van der Waals surface area (Å²) >= 11 is 0. The summed E-state index contributed by atoms with van der Waals surface area (Å²) in [7, 11) is 1.51. The fourth-order valence-electron chi connectivity index (χ4n) is 1.07. The summed E-state index contributed by atoms with van der Waals surface area (Å²) in [5.41, 5.74) is 0.468. The number of carbonyl (C=O) groups excluding carboxylic acids is 1. The molecule has 4 heteroatoms. The molecule has 14 heavy (non-hydrogen) atoms. The average molecular weight is 190 g/mol. The van der Waals surface area contributed by atoms with Gasteiger partial charge in [0.2, 0.25) is 5.91 Å². The normalized spacial score (nSPS) is 9.14. The van der Waals surface area contributed by atoms with Crippen molar-refractivity contribution in [1.82, 2.24) is 10.3 Å². The van der Waals surface area contributed by atoms with E-state index in [1.807, 2.05) is 0 Å². The van der Waals surface area contributed by atoms with Crippen LogP contribution in [0.4, 0.5) is 0 Å². The Hall–Kier alpha value is -2.02. The molecule has 0 atom stereocenters. The van der Waals surface area contributed by atoms with Crippen LogP contribution in [0.1, 0.15) is 11.1 Å². The number of carbonyl (C=O) groups is 1. The summed E-state index contributed by atoms with van der Waals surface area (Å²) < 4.78 is 0. The van der Waals surface area contributed by atoms with E-state index in [1.54, 1.807) is 6.07 Å². The van der Waals surface area contributed by atoms with Crippen LogP contribution in [0.2, 0.25) is 0 Å². The maximum Gasteiger partial charge on any atom is 0.252 e. The molecule has 0 spiro atoms. The monoisotopic (exact) mass is 190 g/mol. The quantitative estimate of drug-likeness (QED) is 0.626. The Bertz CT molecular complexity index is 440. The number of H-pyrrole nitrogens is 1. The van der Waals surface area contributed by atoms with Crippen molar-refractivity contribution >= 4 is 5.91 Å². The van der Waals surface area contributed by atoms with Gasteiger partial charge in [0.1, 0.15) is 0 Å². The van der Waals surface area contributed by atoms with Gasteiger partial charge in [-0.05, 0) is 6.07 Å². The van der Waals surface area contributed by atoms with Crippen molar-refractivity contribution in [2.75, 3.05) is 7.05 Å². The van der Waals surface area contributed by atoms with Gasteiger partial charge in [-0.15, -0.1) is 6.42 Å². The number of rotatable bonds is 2. The molecule has 0 aliphatic heterocycles. The molecule has 1 aromatic rings. The van der Waals surface area contributed by atoms with Gasteiger partial charge in [0, 0.05) is 24.4 Å². The molecule has 1 aromatic heterocycles. The van der Waals surface area contributed by atoms with Crippen molar-refractivity contribution in [3.05, 3.63) is 33.7 Å². The number of aromatic nitrogens is 1. The van der Waals surface area contributed by atoms with Gasteiger partial charge in [-0.2, -0.15) is 0 Å². The van der Waals surface area contributed by atoms with E-state index in [4.69, 9.17) is 6.42 Å². The molecule has 72 valence electrons. The van der Waals surface area contributed by atoms with Crippen LogP contribution < -0.4 is 10.9 Å². The van der Waals surface area contributed by atoms with Gasteiger partial charge in [0.15, 0.2) is 0 Å². The predicted molar refractivity (Wildman–Crippen MR) is 52.8 cm³/mol. The van der Waals surface area contributed by atoms with Gasteiger partial charge in [-0.25, -0.2) is 0 Å². The van der Waals surface area contributed by atoms with Gasteiger partial charge in [-0.3, -0.25) is 9.59 Å². The van der Waals surface area contributed by atoms with Gasteiger partial charge < -0.3 is 10.3 Å². The highest BCUT2D eigenvalue weighted by Crippen LogP contribution is 2.01. The molecule has 0 aromatic carbocycles. The van der Waals surface area contributed by atoms with Crippen LogP contribution in [0.3, 0.4) is 0 Å². The Morgan fingerprint density at radius 2 is 2.43 bits per heavy atom. The van der Waals surface area contributed by atoms with E-state index in [-0.39, 0.29) is 17.9 Å². The Balaban J connectivity index is 3.13. The number of aromatic amines is 1. The molecular formula is C10H10N2O2. The second-order valence-electron chi connectivity index (χ2n) is 2.69. The minimum absolute atomic E-state index is 0.00616. The zero-order valence-corrected chi connectivity index (χ0v) is 7.76. The van der Waals surface area contributed by atoms with Crippen molar-refractivity contribution in [2.24, 2.45) is 0 Å². The number of pyridine rings is 1. The molecule has 2 N–H and O–H groups in total. The smallest absolute Gasteiger partial charge is 0.252 e. The molecule has 0 saturated heterocycles. The minimum Gasteiger partial charge on any atom is -0.359 e. The standard InChI is InChI=1S/C10H10N2O2/c1-3-7-4-5-12-10(14)8(7)6-9(13)11-2/h1,4-5H,6H2,2H3,(H,11,13)(H,12,14). The van der Waals surface area contributed by atoms with Crippen LogP contribution in [-0.2, 0) is 11.2 Å². The van der Waals surface area contributed by atoms with Gasteiger partial charge in [0.25, 0.3) is 5.56 Å². The Kier molecular flexibility index (Phi) is 3.08. The molecule has 0 saturated carbocycles. The van der Waals surface area contributed by atoms with Crippen LogP contribution in [0, 0.1) is 12.3 Å². The van der Waals surface area contributed by atoms with Crippen LogP contribution >= 0.6 is 0 Å². The van der Waals surface area contributed by atoms with E-state index in [1.165, 1.54) is 13.2 Å². The number of likely N-dealkylation sites (N-methyl/N-ethyl adjacent to an activating group) is 1. The molecule has 1 heterocycles. The Morgan fingerprint density at radius 1 is 1.71 bits per heavy atom. The van der Waals surface area contributed by atoms with Gasteiger partial charge in [-0.1, -0.05) is 5.92 Å². The lowest BCUT2D eigenvalue weighted by Crippen LogP contribution is -2.25. The van der Waals surface area contributed by atoms with Crippen molar-refractivity contribution in [3.63, 3.8) is 0 Å². The molecule has 0 bridgehead atoms. The van der Waals surface area contributed by atoms with Gasteiger partial charge >= 0.3 is 0 Å². The maximum atomic E-state index is 11.3. The third kappa shape index (κ3) is 2.02. The highest BCUT2D eigenvalue weighted by Gasteiger charge is 2.08. The Labute approximate surface area is 81.3 Å². The summed E-state index contributed by atoms with van der Waals surface area (Å²) in [6.07, 6.45) is 6.67. The summed E-state index contributed by atoms with van der Waals surface area (Å²) in [5.74, 6) is 2.13. The van der Waals surface area contributed by atoms with Crippen LogP contribution in [-0.4, -0.2) is 17.9 Å². The summed E-state index contributed by atoms with van der Waals surface area (Å²) in [5, 5.41) is 2.43. The van der Waals surface area contributed by atoms with E-state index < -0.39 is 0 Å². The summed E-state index contributed by atoms with van der Waals surface area (Å²) in [6, 6.07) is 1.60. The first-order chi connectivity index (χ1) is 6.69. The molecule has 0 aliphatic carbocycles. The highest BCUT2D eigenvalue weighted by molar-refractivity contribution is 5.78. The number of hydrogen-bond acceptors (Lipinski definition) is 2. The first kappa shape index (κ1) is 10.1. The number of nitrogens with one attached hydrogen (secondary N) is 2. The third-order valence-corrected chi connectivity index (χ3v) is 1.84. The third-order valence-electron chi connectivity index (χ3n) is 1.84. The van der Waals surface area contributed by atoms with E-state index in [9.17, 15) is 9.59 Å². The lowest BCUT2D eigenvalue weighted by atomic mass is 10.1. The highest BCUT2D eigenvalue weighted by atomic mass is 16.1. The zero-order chi connectivity index (χ0) is 10.6. The number of terminal acetylenes is 1. The second-order valence-corrected chi connectivity index (χ2v) is 2.69.